The zero-order valence-electron chi connectivity index (χ0n) is 16.9. The fourth-order valence-corrected chi connectivity index (χ4v) is 3.64. The van der Waals surface area contributed by atoms with Gasteiger partial charge in [-0.25, -0.2) is 0 Å². The Kier molecular flexibility index (Phi) is 5.75. The maximum Gasteiger partial charge on any atom is 0.258 e. The van der Waals surface area contributed by atoms with Crippen molar-refractivity contribution in [1.82, 2.24) is 0 Å². The van der Waals surface area contributed by atoms with Crippen LogP contribution < -0.4 is 21.3 Å². The Balaban J connectivity index is 1.76. The topological polar surface area (TPSA) is 87.5 Å². The summed E-state index contributed by atoms with van der Waals surface area (Å²) in [4.78, 5) is 26.2. The van der Waals surface area contributed by atoms with Crippen LogP contribution >= 0.6 is 11.6 Å². The predicted molar refractivity (Wildman–Crippen MR) is 126 cm³/mol. The van der Waals surface area contributed by atoms with Gasteiger partial charge in [0.2, 0.25) is 5.91 Å². The van der Waals surface area contributed by atoms with Crippen molar-refractivity contribution in [2.24, 2.45) is 5.73 Å². The molecule has 0 aromatic heterocycles. The van der Waals surface area contributed by atoms with Crippen LogP contribution in [-0.2, 0) is 9.59 Å². The Hall–Kier alpha value is -3.61. The molecular formula is C24H21ClN4O2. The summed E-state index contributed by atoms with van der Waals surface area (Å²) in [5.74, 6) is -0.376. The maximum atomic E-state index is 12.9. The summed E-state index contributed by atoms with van der Waals surface area (Å²) in [5, 5.41) is 6.84. The molecule has 0 spiro atoms. The van der Waals surface area contributed by atoms with Crippen LogP contribution in [0.2, 0.25) is 5.02 Å². The summed E-state index contributed by atoms with van der Waals surface area (Å²) in [6, 6.07) is 22.4. The van der Waals surface area contributed by atoms with Gasteiger partial charge in [-0.1, -0.05) is 48.0 Å². The van der Waals surface area contributed by atoms with Gasteiger partial charge in [0, 0.05) is 29.0 Å². The second-order valence-electron chi connectivity index (χ2n) is 7.09. The van der Waals surface area contributed by atoms with Crippen molar-refractivity contribution < 1.29 is 9.59 Å². The molecule has 6 nitrogen and oxygen atoms in total. The fourth-order valence-electron chi connectivity index (χ4n) is 3.47. The zero-order chi connectivity index (χ0) is 22.0. The molecule has 0 unspecified atom stereocenters. The highest BCUT2D eigenvalue weighted by Crippen LogP contribution is 2.38. The lowest BCUT2D eigenvalue weighted by molar-refractivity contribution is -0.117. The zero-order valence-corrected chi connectivity index (χ0v) is 17.6. The average Bonchev–Trinajstić information content (AvgIpc) is 3.11. The first-order chi connectivity index (χ1) is 15.0. The van der Waals surface area contributed by atoms with Crippen molar-refractivity contribution in [2.45, 2.75) is 0 Å². The number of amides is 2. The van der Waals surface area contributed by atoms with Crippen LogP contribution in [0.1, 0.15) is 11.1 Å². The van der Waals surface area contributed by atoms with Crippen molar-refractivity contribution in [3.05, 3.63) is 88.9 Å². The van der Waals surface area contributed by atoms with Gasteiger partial charge < -0.3 is 21.3 Å². The van der Waals surface area contributed by atoms with Gasteiger partial charge in [0.25, 0.3) is 5.91 Å². The first kappa shape index (κ1) is 20.7. The van der Waals surface area contributed by atoms with E-state index >= 15 is 0 Å². The Morgan fingerprint density at radius 1 is 1.06 bits per heavy atom. The molecule has 0 saturated heterocycles. The molecule has 3 aromatic carbocycles. The number of nitrogens with zero attached hydrogens (tertiary/aromatic N) is 1. The van der Waals surface area contributed by atoms with E-state index in [0.29, 0.717) is 22.0 Å². The van der Waals surface area contributed by atoms with Gasteiger partial charge in [0.1, 0.15) is 0 Å². The standard InChI is InChI=1S/C24H21ClN4O2/c1-29(21(30)14-26)18-10-8-17(9-11-18)27-23(15-5-3-2-4-6-15)22-19-12-7-16(25)13-20(19)28-24(22)31/h2-13,27H,14,26H2,1H3,(H,28,31)/b23-22-. The minimum atomic E-state index is -0.200. The molecule has 4 rings (SSSR count). The number of nitrogens with one attached hydrogen (secondary N) is 2. The summed E-state index contributed by atoms with van der Waals surface area (Å²) in [6.07, 6.45) is 0. The van der Waals surface area contributed by atoms with E-state index in [2.05, 4.69) is 10.6 Å². The highest BCUT2D eigenvalue weighted by molar-refractivity contribution is 6.38. The molecule has 0 bridgehead atoms. The third kappa shape index (κ3) is 4.17. The molecule has 2 amide bonds. The Morgan fingerprint density at radius 2 is 1.77 bits per heavy atom. The van der Waals surface area contributed by atoms with Crippen LogP contribution in [0, 0.1) is 0 Å². The minimum Gasteiger partial charge on any atom is -0.354 e. The Labute approximate surface area is 185 Å². The molecule has 0 saturated carbocycles. The number of fused-ring (bicyclic) bond motifs is 1. The van der Waals surface area contributed by atoms with Crippen molar-refractivity contribution in [3.8, 4) is 0 Å². The highest BCUT2D eigenvalue weighted by atomic mass is 35.5. The van der Waals surface area contributed by atoms with Gasteiger partial charge in [0.15, 0.2) is 0 Å². The highest BCUT2D eigenvalue weighted by Gasteiger charge is 2.28. The van der Waals surface area contributed by atoms with Crippen LogP contribution in [0.5, 0.6) is 0 Å². The summed E-state index contributed by atoms with van der Waals surface area (Å²) >= 11 is 6.10. The average molecular weight is 433 g/mol. The number of benzene rings is 3. The monoisotopic (exact) mass is 432 g/mol. The SMILES string of the molecule is CN(C(=O)CN)c1ccc(N/C(=C2\C(=O)Nc3cc(Cl)ccc32)c2ccccc2)cc1. The smallest absolute Gasteiger partial charge is 0.258 e. The number of hydrogen-bond donors (Lipinski definition) is 3. The van der Waals surface area contributed by atoms with Gasteiger partial charge in [-0.2, -0.15) is 0 Å². The lowest BCUT2D eigenvalue weighted by atomic mass is 10.00. The van der Waals surface area contributed by atoms with Crippen LogP contribution in [-0.4, -0.2) is 25.4 Å². The molecule has 156 valence electrons. The number of anilines is 3. The summed E-state index contributed by atoms with van der Waals surface area (Å²) < 4.78 is 0. The normalized spacial score (nSPS) is 14.0. The van der Waals surface area contributed by atoms with Gasteiger partial charge in [-0.3, -0.25) is 9.59 Å². The van der Waals surface area contributed by atoms with E-state index in [0.717, 1.165) is 22.5 Å². The van der Waals surface area contributed by atoms with Crippen LogP contribution in [0.15, 0.2) is 72.8 Å². The molecule has 0 aliphatic carbocycles. The van der Waals surface area contributed by atoms with E-state index in [4.69, 9.17) is 17.3 Å². The van der Waals surface area contributed by atoms with E-state index in [1.165, 1.54) is 4.90 Å². The maximum absolute atomic E-state index is 12.9. The second-order valence-corrected chi connectivity index (χ2v) is 7.53. The van der Waals surface area contributed by atoms with E-state index < -0.39 is 0 Å². The third-order valence-electron chi connectivity index (χ3n) is 5.11. The summed E-state index contributed by atoms with van der Waals surface area (Å²) in [7, 11) is 1.68. The molecule has 31 heavy (non-hydrogen) atoms. The molecule has 0 fully saturated rings. The Bertz CT molecular complexity index is 1170. The third-order valence-corrected chi connectivity index (χ3v) is 5.35. The van der Waals surface area contributed by atoms with Crippen molar-refractivity contribution in [1.29, 1.82) is 0 Å². The van der Waals surface area contributed by atoms with Gasteiger partial charge in [0.05, 0.1) is 23.5 Å². The quantitative estimate of drug-likeness (QED) is 0.527. The fraction of sp³-hybridized carbons (Fsp3) is 0.0833. The summed E-state index contributed by atoms with van der Waals surface area (Å²) in [6.45, 7) is -0.0563. The first-order valence-electron chi connectivity index (χ1n) is 9.72. The molecular weight excluding hydrogens is 412 g/mol. The molecule has 1 aliphatic heterocycles. The number of rotatable bonds is 5. The lowest BCUT2D eigenvalue weighted by Crippen LogP contribution is -2.32. The molecule has 3 aromatic rings. The number of halogens is 1. The molecule has 1 aliphatic rings. The molecule has 7 heteroatoms. The molecule has 1 heterocycles. The van der Waals surface area contributed by atoms with E-state index in [1.54, 1.807) is 19.2 Å². The van der Waals surface area contributed by atoms with Crippen LogP contribution in [0.4, 0.5) is 17.1 Å². The van der Waals surface area contributed by atoms with E-state index in [-0.39, 0.29) is 18.4 Å². The van der Waals surface area contributed by atoms with E-state index in [1.807, 2.05) is 60.7 Å². The van der Waals surface area contributed by atoms with Crippen molar-refractivity contribution in [2.75, 3.05) is 29.1 Å². The summed E-state index contributed by atoms with van der Waals surface area (Å²) in [5.41, 5.74) is 10.5. The van der Waals surface area contributed by atoms with Gasteiger partial charge >= 0.3 is 0 Å². The van der Waals surface area contributed by atoms with E-state index in [9.17, 15) is 9.59 Å². The van der Waals surface area contributed by atoms with Gasteiger partial charge in [-0.15, -0.1) is 0 Å². The predicted octanol–water partition coefficient (Wildman–Crippen LogP) is 4.19. The van der Waals surface area contributed by atoms with Crippen LogP contribution in [0.25, 0.3) is 11.3 Å². The van der Waals surface area contributed by atoms with Crippen molar-refractivity contribution in [3.63, 3.8) is 0 Å². The number of nitrogens with two attached hydrogens (primary N) is 1. The minimum absolute atomic E-state index is 0.0563. The molecule has 0 radical (unpaired) electrons. The van der Waals surface area contributed by atoms with Gasteiger partial charge in [-0.05, 0) is 42.0 Å². The largest absolute Gasteiger partial charge is 0.354 e. The van der Waals surface area contributed by atoms with Crippen LogP contribution in [0.3, 0.4) is 0 Å². The molecule has 0 atom stereocenters. The van der Waals surface area contributed by atoms with Crippen molar-refractivity contribution >= 4 is 51.7 Å². The number of carbonyl (C=O) groups is 2. The second kappa shape index (κ2) is 8.63. The lowest BCUT2D eigenvalue weighted by Gasteiger charge is -2.18. The number of hydrogen-bond acceptors (Lipinski definition) is 4. The first-order valence-corrected chi connectivity index (χ1v) is 10.1. The Morgan fingerprint density at radius 3 is 2.45 bits per heavy atom. The number of likely N-dealkylation sites (N-methyl/N-ethyl adjacent to an activating group) is 1. The molecule has 4 N–H and O–H groups in total. The number of carbonyl (C=O) groups excluding carboxylic acids is 2.